The van der Waals surface area contributed by atoms with E-state index in [4.69, 9.17) is 14.2 Å². The van der Waals surface area contributed by atoms with E-state index >= 15 is 0 Å². The molecule has 0 heterocycles. The van der Waals surface area contributed by atoms with Crippen LogP contribution in [0, 0.1) is 5.92 Å². The van der Waals surface area contributed by atoms with Crippen LogP contribution in [0.1, 0.15) is 39.2 Å². The van der Waals surface area contributed by atoms with Gasteiger partial charge in [-0.3, -0.25) is 4.79 Å². The number of thiol groups is 1. The first kappa shape index (κ1) is 28.4. The second-order valence-corrected chi connectivity index (χ2v) is 9.68. The van der Waals surface area contributed by atoms with Gasteiger partial charge in [0.2, 0.25) is 5.91 Å². The maximum atomic E-state index is 12.5. The Morgan fingerprint density at radius 3 is 2.35 bits per heavy atom. The molecule has 0 fully saturated rings. The van der Waals surface area contributed by atoms with Crippen molar-refractivity contribution in [2.24, 2.45) is 5.92 Å². The van der Waals surface area contributed by atoms with E-state index in [0.29, 0.717) is 31.4 Å². The highest BCUT2D eigenvalue weighted by Gasteiger charge is 2.08. The van der Waals surface area contributed by atoms with Gasteiger partial charge in [-0.25, -0.2) is 0 Å². The maximum absolute atomic E-state index is 12.5. The Balaban J connectivity index is 1.69. The fraction of sp³-hybridized carbons (Fsp3) is 0.323. The van der Waals surface area contributed by atoms with Gasteiger partial charge in [-0.1, -0.05) is 45.4 Å². The monoisotopic (exact) mass is 519 g/mol. The lowest BCUT2D eigenvalue weighted by atomic mass is 10.0. The summed E-state index contributed by atoms with van der Waals surface area (Å²) in [5.74, 6) is 1.72. The van der Waals surface area contributed by atoms with Gasteiger partial charge in [0.1, 0.15) is 18.1 Å². The van der Waals surface area contributed by atoms with Gasteiger partial charge in [0.25, 0.3) is 0 Å². The van der Waals surface area contributed by atoms with Gasteiger partial charge in [0, 0.05) is 28.8 Å². The lowest BCUT2D eigenvalue weighted by molar-refractivity contribution is -0.111. The number of rotatable bonds is 14. The van der Waals surface area contributed by atoms with Crippen LogP contribution in [0.5, 0.6) is 11.5 Å². The summed E-state index contributed by atoms with van der Waals surface area (Å²) in [4.78, 5) is 13.4. The van der Waals surface area contributed by atoms with Gasteiger partial charge in [-0.2, -0.15) is 0 Å². The predicted molar refractivity (Wildman–Crippen MR) is 155 cm³/mol. The minimum Gasteiger partial charge on any atom is -0.493 e. The van der Waals surface area contributed by atoms with Crippen molar-refractivity contribution >= 4 is 30.3 Å². The van der Waals surface area contributed by atoms with Crippen molar-refractivity contribution < 1.29 is 19.0 Å². The van der Waals surface area contributed by atoms with Gasteiger partial charge in [0.15, 0.2) is 0 Å². The molecular formula is C31H37NO4S. The van der Waals surface area contributed by atoms with Gasteiger partial charge in [-0.15, -0.1) is 12.6 Å². The number of amides is 1. The number of ether oxygens (including phenoxy) is 3. The molecule has 0 radical (unpaired) electrons. The molecule has 3 rings (SSSR count). The standard InChI is InChI=1S/C31H37NO4S/c1-4-5-18-34-19-20-35-28-12-6-24(7-13-28)25-8-16-30(36-22-23(2)3)26(21-25)9-17-31(33)32-27-10-14-29(37)15-11-27/h6-17,21,23,37H,4-5,18-20,22H2,1-3H3,(H,32,33)/b17-9+. The number of carbonyl (C=O) groups excluding carboxylic acids is 1. The van der Waals surface area contributed by atoms with E-state index in [9.17, 15) is 4.79 Å². The summed E-state index contributed by atoms with van der Waals surface area (Å²) >= 11 is 4.28. The van der Waals surface area contributed by atoms with Gasteiger partial charge in [0.05, 0.1) is 13.2 Å². The first-order valence-electron chi connectivity index (χ1n) is 12.8. The van der Waals surface area contributed by atoms with E-state index in [0.717, 1.165) is 52.5 Å². The fourth-order valence-corrected chi connectivity index (χ4v) is 3.60. The Morgan fingerprint density at radius 1 is 0.919 bits per heavy atom. The minimum absolute atomic E-state index is 0.215. The van der Waals surface area contributed by atoms with Crippen LogP contribution in [0.15, 0.2) is 77.7 Å². The topological polar surface area (TPSA) is 56.8 Å². The number of nitrogens with one attached hydrogen (secondary N) is 1. The van der Waals surface area contributed by atoms with Crippen LogP contribution in [-0.2, 0) is 9.53 Å². The molecule has 0 aliphatic heterocycles. The van der Waals surface area contributed by atoms with Crippen LogP contribution in [-0.4, -0.2) is 32.3 Å². The Hall–Kier alpha value is -3.22. The van der Waals surface area contributed by atoms with E-state index in [2.05, 4.69) is 38.7 Å². The van der Waals surface area contributed by atoms with Crippen LogP contribution in [0.3, 0.4) is 0 Å². The molecule has 0 aromatic heterocycles. The third-order valence-electron chi connectivity index (χ3n) is 5.46. The summed E-state index contributed by atoms with van der Waals surface area (Å²) in [5.41, 5.74) is 3.62. The molecule has 0 saturated heterocycles. The number of benzene rings is 3. The SMILES string of the molecule is CCCCOCCOc1ccc(-c2ccc(OCC(C)C)c(/C=C/C(=O)Nc3ccc(S)cc3)c2)cc1. The van der Waals surface area contributed by atoms with Gasteiger partial charge >= 0.3 is 0 Å². The second-order valence-electron chi connectivity index (χ2n) is 9.17. The minimum atomic E-state index is -0.215. The molecule has 3 aromatic rings. The van der Waals surface area contributed by atoms with Crippen molar-refractivity contribution in [3.63, 3.8) is 0 Å². The van der Waals surface area contributed by atoms with E-state index in [1.807, 2.05) is 66.7 Å². The average molecular weight is 520 g/mol. The molecular weight excluding hydrogens is 482 g/mol. The molecule has 1 N–H and O–H groups in total. The summed E-state index contributed by atoms with van der Waals surface area (Å²) in [5, 5.41) is 2.87. The molecule has 196 valence electrons. The molecule has 37 heavy (non-hydrogen) atoms. The molecule has 0 unspecified atom stereocenters. The van der Waals surface area contributed by atoms with Crippen molar-refractivity contribution in [1.29, 1.82) is 0 Å². The molecule has 1 amide bonds. The highest BCUT2D eigenvalue weighted by Crippen LogP contribution is 2.29. The first-order valence-corrected chi connectivity index (χ1v) is 13.2. The van der Waals surface area contributed by atoms with Gasteiger partial charge < -0.3 is 19.5 Å². The molecule has 0 aliphatic carbocycles. The quantitative estimate of drug-likeness (QED) is 0.131. The third-order valence-corrected chi connectivity index (χ3v) is 5.76. The Kier molecular flexibility index (Phi) is 11.6. The molecule has 5 nitrogen and oxygen atoms in total. The van der Waals surface area contributed by atoms with Crippen LogP contribution < -0.4 is 14.8 Å². The Morgan fingerprint density at radius 2 is 1.65 bits per heavy atom. The van der Waals surface area contributed by atoms with Crippen molar-refractivity contribution in [3.8, 4) is 22.6 Å². The number of hydrogen-bond acceptors (Lipinski definition) is 5. The van der Waals surface area contributed by atoms with Crippen molar-refractivity contribution in [3.05, 3.63) is 78.4 Å². The third kappa shape index (κ3) is 9.98. The summed E-state index contributed by atoms with van der Waals surface area (Å²) in [6, 6.07) is 21.3. The molecule has 0 aliphatic rings. The van der Waals surface area contributed by atoms with Crippen LogP contribution >= 0.6 is 12.6 Å². The lowest BCUT2D eigenvalue weighted by Gasteiger charge is -2.13. The number of anilines is 1. The molecule has 0 spiro atoms. The normalized spacial score (nSPS) is 11.2. The van der Waals surface area contributed by atoms with Crippen LogP contribution in [0.25, 0.3) is 17.2 Å². The number of hydrogen-bond donors (Lipinski definition) is 2. The molecule has 0 atom stereocenters. The lowest BCUT2D eigenvalue weighted by Crippen LogP contribution is -2.08. The molecule has 3 aromatic carbocycles. The van der Waals surface area contributed by atoms with E-state index in [-0.39, 0.29) is 5.91 Å². The second kappa shape index (κ2) is 15.1. The fourth-order valence-electron chi connectivity index (χ4n) is 3.45. The van der Waals surface area contributed by atoms with Crippen LogP contribution in [0.4, 0.5) is 5.69 Å². The summed E-state index contributed by atoms with van der Waals surface area (Å²) < 4.78 is 17.4. The largest absolute Gasteiger partial charge is 0.493 e. The highest BCUT2D eigenvalue weighted by molar-refractivity contribution is 7.80. The van der Waals surface area contributed by atoms with Gasteiger partial charge in [-0.05, 0) is 78.1 Å². The number of carbonyl (C=O) groups is 1. The Bertz CT molecular complexity index is 1140. The zero-order valence-corrected chi connectivity index (χ0v) is 22.8. The van der Waals surface area contributed by atoms with Crippen molar-refractivity contribution in [1.82, 2.24) is 0 Å². The van der Waals surface area contributed by atoms with E-state index in [1.165, 1.54) is 6.08 Å². The molecule has 6 heteroatoms. The van der Waals surface area contributed by atoms with Crippen LogP contribution in [0.2, 0.25) is 0 Å². The number of unbranched alkanes of at least 4 members (excludes halogenated alkanes) is 1. The summed E-state index contributed by atoms with van der Waals surface area (Å²) in [6.07, 6.45) is 5.51. The van der Waals surface area contributed by atoms with Crippen molar-refractivity contribution in [2.45, 2.75) is 38.5 Å². The molecule has 0 bridgehead atoms. The summed E-state index contributed by atoms with van der Waals surface area (Å²) in [7, 11) is 0. The first-order chi connectivity index (χ1) is 17.9. The predicted octanol–water partition coefficient (Wildman–Crippen LogP) is 7.52. The zero-order valence-electron chi connectivity index (χ0n) is 21.9. The average Bonchev–Trinajstić information content (AvgIpc) is 2.90. The van der Waals surface area contributed by atoms with E-state index in [1.54, 1.807) is 6.08 Å². The van der Waals surface area contributed by atoms with E-state index < -0.39 is 0 Å². The zero-order chi connectivity index (χ0) is 26.5. The maximum Gasteiger partial charge on any atom is 0.248 e. The highest BCUT2D eigenvalue weighted by atomic mass is 32.1. The smallest absolute Gasteiger partial charge is 0.248 e. The molecule has 0 saturated carbocycles. The summed E-state index contributed by atoms with van der Waals surface area (Å²) in [6.45, 7) is 8.84. The van der Waals surface area contributed by atoms with Crippen molar-refractivity contribution in [2.75, 3.05) is 31.7 Å². The Labute approximate surface area is 226 Å².